The van der Waals surface area contributed by atoms with Crippen LogP contribution in [0.2, 0.25) is 0 Å². The summed E-state index contributed by atoms with van der Waals surface area (Å²) in [6, 6.07) is 0.711. The summed E-state index contributed by atoms with van der Waals surface area (Å²) < 4.78 is 5.99. The second-order valence-corrected chi connectivity index (χ2v) is 6.80. The van der Waals surface area contributed by atoms with Crippen LogP contribution >= 0.6 is 0 Å². The van der Waals surface area contributed by atoms with Crippen LogP contribution in [-0.4, -0.2) is 43.3 Å². The Kier molecular flexibility index (Phi) is 4.78. The van der Waals surface area contributed by atoms with E-state index in [4.69, 9.17) is 10.5 Å². The summed E-state index contributed by atoms with van der Waals surface area (Å²) in [5.74, 6) is 1.62. The standard InChI is InChI=1S/C16H30N2O/c17-11-13-5-1-2-6-14(13)12-18-9-10-19-16-8-4-3-7-15(16)18/h13-16H,1-12,17H2. The zero-order valence-corrected chi connectivity index (χ0v) is 12.2. The van der Waals surface area contributed by atoms with E-state index in [0.29, 0.717) is 12.1 Å². The molecule has 1 heterocycles. The Morgan fingerprint density at radius 2 is 1.68 bits per heavy atom. The maximum Gasteiger partial charge on any atom is 0.0730 e. The SMILES string of the molecule is NCC1CCCCC1CN1CCOC2CCCCC21. The van der Waals surface area contributed by atoms with Gasteiger partial charge in [-0.15, -0.1) is 0 Å². The Morgan fingerprint density at radius 1 is 0.947 bits per heavy atom. The normalized spacial score (nSPS) is 40.9. The lowest BCUT2D eigenvalue weighted by molar-refractivity contribution is -0.0951. The average molecular weight is 266 g/mol. The Morgan fingerprint density at radius 3 is 2.53 bits per heavy atom. The van der Waals surface area contributed by atoms with Gasteiger partial charge in [-0.05, 0) is 44.1 Å². The minimum atomic E-state index is 0.530. The molecule has 1 aliphatic heterocycles. The van der Waals surface area contributed by atoms with Crippen molar-refractivity contribution in [2.75, 3.05) is 26.2 Å². The molecule has 0 bridgehead atoms. The van der Waals surface area contributed by atoms with Crippen molar-refractivity contribution in [3.8, 4) is 0 Å². The molecule has 3 rings (SSSR count). The fourth-order valence-corrected chi connectivity index (χ4v) is 4.54. The number of hydrogen-bond donors (Lipinski definition) is 1. The predicted molar refractivity (Wildman–Crippen MR) is 78.1 cm³/mol. The third-order valence-corrected chi connectivity index (χ3v) is 5.69. The molecular formula is C16H30N2O. The van der Waals surface area contributed by atoms with Crippen LogP contribution in [0, 0.1) is 11.8 Å². The number of morpholine rings is 1. The zero-order chi connectivity index (χ0) is 13.1. The summed E-state index contributed by atoms with van der Waals surface area (Å²) >= 11 is 0. The lowest BCUT2D eigenvalue weighted by atomic mass is 9.78. The lowest BCUT2D eigenvalue weighted by Gasteiger charge is -2.46. The first kappa shape index (κ1) is 13.8. The minimum Gasteiger partial charge on any atom is -0.375 e. The van der Waals surface area contributed by atoms with Crippen LogP contribution in [0.15, 0.2) is 0 Å². The number of nitrogens with two attached hydrogens (primary N) is 1. The highest BCUT2D eigenvalue weighted by Crippen LogP contribution is 2.34. The van der Waals surface area contributed by atoms with Gasteiger partial charge in [0.15, 0.2) is 0 Å². The van der Waals surface area contributed by atoms with Gasteiger partial charge in [-0.2, -0.15) is 0 Å². The lowest BCUT2D eigenvalue weighted by Crippen LogP contribution is -2.54. The van der Waals surface area contributed by atoms with Crippen LogP contribution in [0.25, 0.3) is 0 Å². The van der Waals surface area contributed by atoms with Crippen LogP contribution in [0.3, 0.4) is 0 Å². The fraction of sp³-hybridized carbons (Fsp3) is 1.00. The molecule has 4 atom stereocenters. The van der Waals surface area contributed by atoms with Gasteiger partial charge in [0.05, 0.1) is 12.7 Å². The van der Waals surface area contributed by atoms with Gasteiger partial charge in [0.2, 0.25) is 0 Å². The van der Waals surface area contributed by atoms with Crippen molar-refractivity contribution in [2.45, 2.75) is 63.5 Å². The van der Waals surface area contributed by atoms with Gasteiger partial charge < -0.3 is 10.5 Å². The van der Waals surface area contributed by atoms with Gasteiger partial charge in [-0.3, -0.25) is 4.90 Å². The first-order valence-electron chi connectivity index (χ1n) is 8.44. The van der Waals surface area contributed by atoms with E-state index in [1.54, 1.807) is 0 Å². The highest BCUT2D eigenvalue weighted by molar-refractivity contribution is 4.89. The summed E-state index contributed by atoms with van der Waals surface area (Å²) in [5.41, 5.74) is 5.99. The van der Waals surface area contributed by atoms with Crippen LogP contribution in [-0.2, 0) is 4.74 Å². The monoisotopic (exact) mass is 266 g/mol. The van der Waals surface area contributed by atoms with Crippen LogP contribution in [0.5, 0.6) is 0 Å². The van der Waals surface area contributed by atoms with Gasteiger partial charge >= 0.3 is 0 Å². The van der Waals surface area contributed by atoms with Gasteiger partial charge in [0.25, 0.3) is 0 Å². The third-order valence-electron chi connectivity index (χ3n) is 5.69. The molecule has 0 radical (unpaired) electrons. The highest BCUT2D eigenvalue weighted by Gasteiger charge is 2.36. The van der Waals surface area contributed by atoms with Crippen molar-refractivity contribution in [3.63, 3.8) is 0 Å². The zero-order valence-electron chi connectivity index (χ0n) is 12.2. The van der Waals surface area contributed by atoms with E-state index in [0.717, 1.165) is 31.5 Å². The fourth-order valence-electron chi connectivity index (χ4n) is 4.54. The maximum absolute atomic E-state index is 5.99. The molecule has 1 saturated heterocycles. The number of nitrogens with zero attached hydrogens (tertiary/aromatic N) is 1. The highest BCUT2D eigenvalue weighted by atomic mass is 16.5. The summed E-state index contributed by atoms with van der Waals surface area (Å²) in [6.07, 6.45) is 11.5. The first-order valence-corrected chi connectivity index (χ1v) is 8.44. The molecule has 3 aliphatic rings. The Balaban J connectivity index is 1.60. The molecule has 0 aromatic rings. The summed E-state index contributed by atoms with van der Waals surface area (Å²) in [7, 11) is 0. The number of rotatable bonds is 3. The average Bonchev–Trinajstić information content (AvgIpc) is 2.48. The quantitative estimate of drug-likeness (QED) is 0.852. The van der Waals surface area contributed by atoms with E-state index in [1.807, 2.05) is 0 Å². The second kappa shape index (κ2) is 6.55. The molecule has 19 heavy (non-hydrogen) atoms. The molecule has 0 aromatic carbocycles. The van der Waals surface area contributed by atoms with E-state index in [2.05, 4.69) is 4.90 Å². The number of ether oxygens (including phenoxy) is 1. The van der Waals surface area contributed by atoms with Crippen molar-refractivity contribution in [2.24, 2.45) is 17.6 Å². The van der Waals surface area contributed by atoms with Crippen molar-refractivity contribution in [3.05, 3.63) is 0 Å². The molecule has 0 spiro atoms. The van der Waals surface area contributed by atoms with Crippen molar-refractivity contribution in [1.82, 2.24) is 4.90 Å². The van der Waals surface area contributed by atoms with Crippen LogP contribution < -0.4 is 5.73 Å². The molecule has 0 amide bonds. The third kappa shape index (κ3) is 3.14. The molecule has 3 nitrogen and oxygen atoms in total. The van der Waals surface area contributed by atoms with Gasteiger partial charge in [-0.25, -0.2) is 0 Å². The van der Waals surface area contributed by atoms with E-state index >= 15 is 0 Å². The molecule has 0 aromatic heterocycles. The van der Waals surface area contributed by atoms with E-state index in [9.17, 15) is 0 Å². The smallest absolute Gasteiger partial charge is 0.0730 e. The summed E-state index contributed by atoms with van der Waals surface area (Å²) in [4.78, 5) is 2.76. The summed E-state index contributed by atoms with van der Waals surface area (Å²) in [5, 5.41) is 0. The predicted octanol–water partition coefficient (Wildman–Crippen LogP) is 2.39. The largest absolute Gasteiger partial charge is 0.375 e. The second-order valence-electron chi connectivity index (χ2n) is 6.80. The van der Waals surface area contributed by atoms with Crippen molar-refractivity contribution < 1.29 is 4.74 Å². The molecule has 2 N–H and O–H groups in total. The Hall–Kier alpha value is -0.120. The van der Waals surface area contributed by atoms with E-state index in [1.165, 1.54) is 57.9 Å². The first-order chi connectivity index (χ1) is 9.38. The Bertz CT molecular complexity index is 282. The molecule has 4 unspecified atom stereocenters. The van der Waals surface area contributed by atoms with Gasteiger partial charge in [0.1, 0.15) is 0 Å². The van der Waals surface area contributed by atoms with E-state index in [-0.39, 0.29) is 0 Å². The number of hydrogen-bond acceptors (Lipinski definition) is 3. The summed E-state index contributed by atoms with van der Waals surface area (Å²) in [6.45, 7) is 4.27. The molecule has 2 aliphatic carbocycles. The van der Waals surface area contributed by atoms with E-state index < -0.39 is 0 Å². The molecule has 3 heteroatoms. The van der Waals surface area contributed by atoms with Crippen LogP contribution in [0.1, 0.15) is 51.4 Å². The molecule has 3 fully saturated rings. The van der Waals surface area contributed by atoms with Gasteiger partial charge in [-0.1, -0.05) is 25.7 Å². The molecule has 110 valence electrons. The van der Waals surface area contributed by atoms with Crippen molar-refractivity contribution in [1.29, 1.82) is 0 Å². The topological polar surface area (TPSA) is 38.5 Å². The maximum atomic E-state index is 5.99. The minimum absolute atomic E-state index is 0.530. The Labute approximate surface area is 117 Å². The molecule has 2 saturated carbocycles. The number of fused-ring (bicyclic) bond motifs is 1. The van der Waals surface area contributed by atoms with Crippen molar-refractivity contribution >= 4 is 0 Å². The molecular weight excluding hydrogens is 236 g/mol. The van der Waals surface area contributed by atoms with Gasteiger partial charge in [0, 0.05) is 19.1 Å². The van der Waals surface area contributed by atoms with Crippen LogP contribution in [0.4, 0.5) is 0 Å².